The molecule has 1 N–H and O–H groups in total. The Bertz CT molecular complexity index is 445. The van der Waals surface area contributed by atoms with Crippen molar-refractivity contribution in [1.82, 2.24) is 15.0 Å². The Labute approximate surface area is 126 Å². The van der Waals surface area contributed by atoms with Crippen LogP contribution >= 0.6 is 0 Å². The third-order valence-corrected chi connectivity index (χ3v) is 3.65. The first-order valence-corrected chi connectivity index (χ1v) is 7.55. The van der Waals surface area contributed by atoms with Crippen LogP contribution in [0.15, 0.2) is 0 Å². The van der Waals surface area contributed by atoms with Crippen molar-refractivity contribution in [3.63, 3.8) is 0 Å². The highest BCUT2D eigenvalue weighted by molar-refractivity contribution is 5.44. The molecule has 1 aromatic rings. The van der Waals surface area contributed by atoms with Crippen molar-refractivity contribution >= 4 is 17.8 Å². The van der Waals surface area contributed by atoms with E-state index in [-0.39, 0.29) is 0 Å². The van der Waals surface area contributed by atoms with Crippen LogP contribution in [0.2, 0.25) is 0 Å². The molecular formula is C14H26N6O. The minimum Gasteiger partial charge on any atom is -0.384 e. The van der Waals surface area contributed by atoms with E-state index in [2.05, 4.69) is 25.2 Å². The lowest BCUT2D eigenvalue weighted by Crippen LogP contribution is -2.36. The summed E-state index contributed by atoms with van der Waals surface area (Å²) in [6.45, 7) is 5.62. The van der Waals surface area contributed by atoms with Crippen LogP contribution in [-0.4, -0.2) is 62.4 Å². The van der Waals surface area contributed by atoms with E-state index in [0.717, 1.165) is 45.0 Å². The predicted octanol–water partition coefficient (Wildman–Crippen LogP) is 1.23. The van der Waals surface area contributed by atoms with Gasteiger partial charge in [0.15, 0.2) is 0 Å². The molecule has 0 radical (unpaired) electrons. The molecule has 0 bridgehead atoms. The minimum atomic E-state index is 0.644. The third kappa shape index (κ3) is 4.17. The molecule has 0 aromatic carbocycles. The number of ether oxygens (including phenoxy) is 1. The smallest absolute Gasteiger partial charge is 0.231 e. The topological polar surface area (TPSA) is 66.4 Å². The van der Waals surface area contributed by atoms with Crippen molar-refractivity contribution in [2.24, 2.45) is 5.92 Å². The van der Waals surface area contributed by atoms with E-state index in [1.165, 1.54) is 0 Å². The van der Waals surface area contributed by atoms with E-state index in [4.69, 9.17) is 4.74 Å². The van der Waals surface area contributed by atoms with Crippen molar-refractivity contribution < 1.29 is 4.74 Å². The van der Waals surface area contributed by atoms with E-state index in [1.807, 2.05) is 25.9 Å². The quantitative estimate of drug-likeness (QED) is 0.846. The zero-order valence-electron chi connectivity index (χ0n) is 13.5. The molecule has 21 heavy (non-hydrogen) atoms. The fraction of sp³-hybridized carbons (Fsp3) is 0.786. The fourth-order valence-corrected chi connectivity index (χ4v) is 2.47. The summed E-state index contributed by atoms with van der Waals surface area (Å²) >= 11 is 0. The largest absolute Gasteiger partial charge is 0.384 e. The van der Waals surface area contributed by atoms with Gasteiger partial charge in [0.25, 0.3) is 0 Å². The molecule has 1 saturated heterocycles. The molecule has 1 fully saturated rings. The molecular weight excluding hydrogens is 268 g/mol. The zero-order valence-corrected chi connectivity index (χ0v) is 13.5. The molecule has 1 aromatic heterocycles. The summed E-state index contributed by atoms with van der Waals surface area (Å²) in [7, 11) is 5.66. The number of aromatic nitrogens is 3. The second kappa shape index (κ2) is 7.40. The molecule has 2 heterocycles. The lowest BCUT2D eigenvalue weighted by atomic mass is 9.98. The van der Waals surface area contributed by atoms with E-state index in [1.54, 1.807) is 7.11 Å². The number of rotatable bonds is 6. The summed E-state index contributed by atoms with van der Waals surface area (Å²) in [4.78, 5) is 17.7. The van der Waals surface area contributed by atoms with Gasteiger partial charge in [0.1, 0.15) is 0 Å². The van der Waals surface area contributed by atoms with Gasteiger partial charge in [-0.25, -0.2) is 0 Å². The van der Waals surface area contributed by atoms with Crippen LogP contribution in [0.5, 0.6) is 0 Å². The average molecular weight is 294 g/mol. The zero-order chi connectivity index (χ0) is 15.2. The van der Waals surface area contributed by atoms with Gasteiger partial charge in [0, 0.05) is 47.4 Å². The number of nitrogens with one attached hydrogen (secondary N) is 1. The van der Waals surface area contributed by atoms with Crippen LogP contribution in [0.25, 0.3) is 0 Å². The van der Waals surface area contributed by atoms with Crippen LogP contribution in [0, 0.1) is 5.92 Å². The van der Waals surface area contributed by atoms with E-state index < -0.39 is 0 Å². The summed E-state index contributed by atoms with van der Waals surface area (Å²) in [6.07, 6.45) is 2.24. The van der Waals surface area contributed by atoms with Crippen molar-refractivity contribution in [3.05, 3.63) is 0 Å². The first-order chi connectivity index (χ1) is 10.1. The molecule has 118 valence electrons. The third-order valence-electron chi connectivity index (χ3n) is 3.65. The molecule has 0 spiro atoms. The van der Waals surface area contributed by atoms with Gasteiger partial charge in [0.2, 0.25) is 17.8 Å². The van der Waals surface area contributed by atoms with Gasteiger partial charge >= 0.3 is 0 Å². The monoisotopic (exact) mass is 294 g/mol. The standard InChI is InChI=1S/C14H26N6O/c1-5-15-12-16-13(19(2)3)18-14(17-12)20-8-6-11(7-9-20)10-21-4/h11H,5-10H2,1-4H3,(H,15,16,17,18). The van der Waals surface area contributed by atoms with Crippen molar-refractivity contribution in [2.45, 2.75) is 19.8 Å². The fourth-order valence-electron chi connectivity index (χ4n) is 2.47. The second-order valence-electron chi connectivity index (χ2n) is 5.57. The van der Waals surface area contributed by atoms with E-state index >= 15 is 0 Å². The van der Waals surface area contributed by atoms with E-state index in [9.17, 15) is 0 Å². The number of hydrogen-bond acceptors (Lipinski definition) is 7. The number of methoxy groups -OCH3 is 1. The molecule has 0 unspecified atom stereocenters. The number of nitrogens with zero attached hydrogens (tertiary/aromatic N) is 5. The maximum Gasteiger partial charge on any atom is 0.231 e. The highest BCUT2D eigenvalue weighted by atomic mass is 16.5. The Morgan fingerprint density at radius 2 is 1.95 bits per heavy atom. The number of hydrogen-bond donors (Lipinski definition) is 1. The molecule has 0 aliphatic carbocycles. The van der Waals surface area contributed by atoms with Crippen molar-refractivity contribution in [1.29, 1.82) is 0 Å². The lowest BCUT2D eigenvalue weighted by Gasteiger charge is -2.32. The van der Waals surface area contributed by atoms with Gasteiger partial charge in [-0.15, -0.1) is 0 Å². The highest BCUT2D eigenvalue weighted by Gasteiger charge is 2.22. The summed E-state index contributed by atoms with van der Waals surface area (Å²) < 4.78 is 5.25. The molecule has 2 rings (SSSR count). The van der Waals surface area contributed by atoms with Gasteiger partial charge in [-0.05, 0) is 25.7 Å². The Balaban J connectivity index is 2.11. The first kappa shape index (κ1) is 15.8. The van der Waals surface area contributed by atoms with Crippen LogP contribution in [-0.2, 0) is 4.74 Å². The van der Waals surface area contributed by atoms with Crippen LogP contribution in [0.3, 0.4) is 0 Å². The number of anilines is 3. The Kier molecular flexibility index (Phi) is 5.55. The highest BCUT2D eigenvalue weighted by Crippen LogP contribution is 2.22. The maximum atomic E-state index is 5.25. The molecule has 7 heteroatoms. The molecule has 7 nitrogen and oxygen atoms in total. The summed E-state index contributed by atoms with van der Waals surface area (Å²) in [5.74, 6) is 2.75. The maximum absolute atomic E-state index is 5.25. The Hall–Kier alpha value is -1.63. The molecule has 0 atom stereocenters. The molecule has 0 saturated carbocycles. The number of piperidine rings is 1. The Morgan fingerprint density at radius 1 is 1.24 bits per heavy atom. The van der Waals surface area contributed by atoms with Gasteiger partial charge in [-0.3, -0.25) is 0 Å². The Morgan fingerprint density at radius 3 is 2.52 bits per heavy atom. The van der Waals surface area contributed by atoms with Gasteiger partial charge < -0.3 is 19.9 Å². The molecule has 1 aliphatic rings. The van der Waals surface area contributed by atoms with Crippen molar-refractivity contribution in [2.75, 3.05) is 62.6 Å². The molecule has 0 amide bonds. The van der Waals surface area contributed by atoms with Gasteiger partial charge in [-0.2, -0.15) is 15.0 Å². The first-order valence-electron chi connectivity index (χ1n) is 7.55. The summed E-state index contributed by atoms with van der Waals surface area (Å²) in [5, 5.41) is 3.18. The predicted molar refractivity (Wildman–Crippen MR) is 85.1 cm³/mol. The lowest BCUT2D eigenvalue weighted by molar-refractivity contribution is 0.139. The molecule has 1 aliphatic heterocycles. The van der Waals surface area contributed by atoms with Crippen molar-refractivity contribution in [3.8, 4) is 0 Å². The SMILES string of the molecule is CCNc1nc(N(C)C)nc(N2CCC(COC)CC2)n1. The summed E-state index contributed by atoms with van der Waals surface area (Å²) in [5.41, 5.74) is 0. The van der Waals surface area contributed by atoms with Crippen LogP contribution < -0.4 is 15.1 Å². The minimum absolute atomic E-state index is 0.644. The van der Waals surface area contributed by atoms with Crippen LogP contribution in [0.1, 0.15) is 19.8 Å². The van der Waals surface area contributed by atoms with Gasteiger partial charge in [-0.1, -0.05) is 0 Å². The van der Waals surface area contributed by atoms with Gasteiger partial charge in [0.05, 0.1) is 0 Å². The normalized spacial score (nSPS) is 16.1. The second-order valence-corrected chi connectivity index (χ2v) is 5.57. The van der Waals surface area contributed by atoms with Crippen LogP contribution in [0.4, 0.5) is 17.8 Å². The van der Waals surface area contributed by atoms with E-state index in [0.29, 0.717) is 17.8 Å². The average Bonchev–Trinajstić information content (AvgIpc) is 2.48. The summed E-state index contributed by atoms with van der Waals surface area (Å²) in [6, 6.07) is 0.